The van der Waals surface area contributed by atoms with Gasteiger partial charge in [0.05, 0.1) is 30.8 Å². The summed E-state index contributed by atoms with van der Waals surface area (Å²) in [5.41, 5.74) is 1.26. The molecule has 0 aliphatic carbocycles. The molecule has 1 fully saturated rings. The van der Waals surface area contributed by atoms with E-state index in [4.69, 9.17) is 4.74 Å². The topological polar surface area (TPSA) is 42.3 Å². The summed E-state index contributed by atoms with van der Waals surface area (Å²) in [4.78, 5) is 6.73. The van der Waals surface area contributed by atoms with Crippen LogP contribution in [-0.2, 0) is 4.74 Å². The van der Waals surface area contributed by atoms with Gasteiger partial charge in [-0.3, -0.25) is 4.90 Å². The van der Waals surface area contributed by atoms with Crippen LogP contribution in [0.5, 0.6) is 0 Å². The Kier molecular flexibility index (Phi) is 5.57. The fourth-order valence-electron chi connectivity index (χ4n) is 2.85. The van der Waals surface area contributed by atoms with E-state index in [-0.39, 0.29) is 12.1 Å². The normalized spacial score (nSPS) is 24.4. The highest BCUT2D eigenvalue weighted by molar-refractivity contribution is 5.10. The number of rotatable bonds is 6. The summed E-state index contributed by atoms with van der Waals surface area (Å²) in [6.07, 6.45) is 5.26. The van der Waals surface area contributed by atoms with Crippen LogP contribution < -0.4 is 5.32 Å². The third kappa shape index (κ3) is 3.40. The Bertz CT molecular complexity index is 404. The maximum atomic E-state index is 6.02. The number of likely N-dealkylation sites (N-methyl/N-ethyl adjacent to an activating group) is 1. The van der Waals surface area contributed by atoms with E-state index in [1.54, 1.807) is 0 Å². The van der Waals surface area contributed by atoms with E-state index in [2.05, 4.69) is 47.6 Å². The van der Waals surface area contributed by atoms with Gasteiger partial charge >= 0.3 is 0 Å². The molecule has 0 radical (unpaired) electrons. The third-order valence-electron chi connectivity index (χ3n) is 3.93. The molecule has 1 aliphatic rings. The Hall–Kier alpha value is -0.910. The van der Waals surface area contributed by atoms with Crippen LogP contribution in [-0.4, -0.2) is 53.8 Å². The maximum Gasteiger partial charge on any atom is 0.0951 e. The molecule has 2 heterocycles. The van der Waals surface area contributed by atoms with Gasteiger partial charge in [-0.05, 0) is 33.9 Å². The van der Waals surface area contributed by atoms with Crippen LogP contribution in [0.25, 0.3) is 0 Å². The molecule has 0 amide bonds. The summed E-state index contributed by atoms with van der Waals surface area (Å²) in [5.74, 6) is 0. The molecule has 2 atom stereocenters. The van der Waals surface area contributed by atoms with Crippen LogP contribution in [0, 0.1) is 0 Å². The van der Waals surface area contributed by atoms with Gasteiger partial charge in [-0.15, -0.1) is 0 Å². The molecule has 1 aromatic rings. The lowest BCUT2D eigenvalue weighted by Gasteiger charge is -2.39. The highest BCUT2D eigenvalue weighted by Crippen LogP contribution is 2.29. The molecule has 2 rings (SSSR count). The van der Waals surface area contributed by atoms with E-state index in [1.165, 1.54) is 5.69 Å². The number of morpholine rings is 1. The van der Waals surface area contributed by atoms with Gasteiger partial charge in [-0.2, -0.15) is 0 Å². The van der Waals surface area contributed by atoms with Gasteiger partial charge in [-0.25, -0.2) is 4.98 Å². The number of nitrogens with zero attached hydrogens (tertiary/aromatic N) is 3. The summed E-state index contributed by atoms with van der Waals surface area (Å²) in [5, 5.41) is 3.48. The predicted octanol–water partition coefficient (Wildman–Crippen LogP) is 1.84. The molecule has 5 heteroatoms. The molecule has 1 aromatic heterocycles. The summed E-state index contributed by atoms with van der Waals surface area (Å²) >= 11 is 0. The average molecular weight is 280 g/mol. The molecule has 0 aromatic carbocycles. The lowest BCUT2D eigenvalue weighted by atomic mass is 10.0. The van der Waals surface area contributed by atoms with Gasteiger partial charge in [0.2, 0.25) is 0 Å². The van der Waals surface area contributed by atoms with Crippen molar-refractivity contribution in [3.8, 4) is 0 Å². The van der Waals surface area contributed by atoms with E-state index in [9.17, 15) is 0 Å². The van der Waals surface area contributed by atoms with Crippen LogP contribution in [0.15, 0.2) is 12.5 Å². The first-order valence-electron chi connectivity index (χ1n) is 7.69. The standard InChI is InChI=1S/C15H28N4O/c1-5-6-16-10-14-15(18(4)7-8-20-14)13-9-17-11-19(13)12(2)3/h9,11-12,14-16H,5-8,10H2,1-4H3. The molecular formula is C15H28N4O. The van der Waals surface area contributed by atoms with Crippen molar-refractivity contribution >= 4 is 0 Å². The quantitative estimate of drug-likeness (QED) is 0.807. The van der Waals surface area contributed by atoms with Gasteiger partial charge in [0.1, 0.15) is 0 Å². The lowest BCUT2D eigenvalue weighted by molar-refractivity contribution is -0.0638. The second-order valence-corrected chi connectivity index (χ2v) is 5.86. The van der Waals surface area contributed by atoms with Gasteiger partial charge < -0.3 is 14.6 Å². The fourth-order valence-corrected chi connectivity index (χ4v) is 2.85. The van der Waals surface area contributed by atoms with Crippen molar-refractivity contribution in [3.05, 3.63) is 18.2 Å². The summed E-state index contributed by atoms with van der Waals surface area (Å²) in [7, 11) is 2.18. The average Bonchev–Trinajstić information content (AvgIpc) is 2.88. The monoisotopic (exact) mass is 280 g/mol. The van der Waals surface area contributed by atoms with Gasteiger partial charge in [0.15, 0.2) is 0 Å². The molecule has 1 N–H and O–H groups in total. The number of imidazole rings is 1. The number of aromatic nitrogens is 2. The van der Waals surface area contributed by atoms with Crippen molar-refractivity contribution in [2.75, 3.05) is 33.3 Å². The molecule has 5 nitrogen and oxygen atoms in total. The second-order valence-electron chi connectivity index (χ2n) is 5.86. The molecule has 20 heavy (non-hydrogen) atoms. The summed E-state index contributed by atoms with van der Waals surface area (Å²) < 4.78 is 8.27. The first kappa shape index (κ1) is 15.5. The van der Waals surface area contributed by atoms with E-state index < -0.39 is 0 Å². The molecule has 0 bridgehead atoms. The van der Waals surface area contributed by atoms with Gasteiger partial charge in [0, 0.05) is 25.3 Å². The highest BCUT2D eigenvalue weighted by Gasteiger charge is 2.33. The number of ether oxygens (including phenoxy) is 1. The Morgan fingerprint density at radius 2 is 2.30 bits per heavy atom. The van der Waals surface area contributed by atoms with Crippen molar-refractivity contribution < 1.29 is 4.74 Å². The zero-order valence-corrected chi connectivity index (χ0v) is 13.2. The Morgan fingerprint density at radius 1 is 1.50 bits per heavy atom. The Balaban J connectivity index is 2.16. The Labute approximate surface area is 122 Å². The van der Waals surface area contributed by atoms with E-state index in [0.717, 1.165) is 32.7 Å². The molecular weight excluding hydrogens is 252 g/mol. The number of hydrogen-bond donors (Lipinski definition) is 1. The first-order chi connectivity index (χ1) is 9.65. The van der Waals surface area contributed by atoms with Crippen molar-refractivity contribution in [2.45, 2.75) is 45.4 Å². The predicted molar refractivity (Wildman–Crippen MR) is 80.9 cm³/mol. The minimum Gasteiger partial charge on any atom is -0.374 e. The molecule has 114 valence electrons. The second kappa shape index (κ2) is 7.20. The highest BCUT2D eigenvalue weighted by atomic mass is 16.5. The van der Waals surface area contributed by atoms with Crippen molar-refractivity contribution in [1.82, 2.24) is 19.8 Å². The smallest absolute Gasteiger partial charge is 0.0951 e. The Morgan fingerprint density at radius 3 is 3.00 bits per heavy atom. The molecule has 0 spiro atoms. The fraction of sp³-hybridized carbons (Fsp3) is 0.800. The lowest BCUT2D eigenvalue weighted by Crippen LogP contribution is -2.48. The molecule has 1 saturated heterocycles. The minimum atomic E-state index is 0.189. The number of nitrogens with one attached hydrogen (secondary N) is 1. The zero-order valence-electron chi connectivity index (χ0n) is 13.2. The van der Waals surface area contributed by atoms with Crippen molar-refractivity contribution in [2.24, 2.45) is 0 Å². The minimum absolute atomic E-state index is 0.189. The van der Waals surface area contributed by atoms with Gasteiger partial charge in [0.25, 0.3) is 0 Å². The van der Waals surface area contributed by atoms with Crippen LogP contribution in [0.4, 0.5) is 0 Å². The van der Waals surface area contributed by atoms with Gasteiger partial charge in [-0.1, -0.05) is 6.92 Å². The largest absolute Gasteiger partial charge is 0.374 e. The van der Waals surface area contributed by atoms with Crippen molar-refractivity contribution in [1.29, 1.82) is 0 Å². The maximum absolute atomic E-state index is 6.02. The van der Waals surface area contributed by atoms with Crippen LogP contribution >= 0.6 is 0 Å². The van der Waals surface area contributed by atoms with E-state index >= 15 is 0 Å². The van der Waals surface area contributed by atoms with Crippen molar-refractivity contribution in [3.63, 3.8) is 0 Å². The third-order valence-corrected chi connectivity index (χ3v) is 3.93. The molecule has 1 aliphatic heterocycles. The summed E-state index contributed by atoms with van der Waals surface area (Å²) in [6, 6.07) is 0.699. The number of hydrogen-bond acceptors (Lipinski definition) is 4. The van der Waals surface area contributed by atoms with Crippen LogP contribution in [0.2, 0.25) is 0 Å². The van der Waals surface area contributed by atoms with E-state index in [1.807, 2.05) is 12.5 Å². The first-order valence-corrected chi connectivity index (χ1v) is 7.69. The molecule has 2 unspecified atom stereocenters. The summed E-state index contributed by atoms with van der Waals surface area (Å²) in [6.45, 7) is 10.3. The van der Waals surface area contributed by atoms with Crippen LogP contribution in [0.3, 0.4) is 0 Å². The zero-order chi connectivity index (χ0) is 14.5. The van der Waals surface area contributed by atoms with E-state index in [0.29, 0.717) is 6.04 Å². The molecule has 0 saturated carbocycles. The SMILES string of the molecule is CCCNCC1OCCN(C)C1c1cncn1C(C)C. The van der Waals surface area contributed by atoms with Crippen LogP contribution in [0.1, 0.15) is 45.0 Å².